The normalized spacial score (nSPS) is 14.6. The third-order valence-corrected chi connectivity index (χ3v) is 8.98. The van der Waals surface area contributed by atoms with E-state index in [0.29, 0.717) is 42.1 Å². The number of thiazole rings is 1. The van der Waals surface area contributed by atoms with Gasteiger partial charge >= 0.3 is 5.97 Å². The van der Waals surface area contributed by atoms with E-state index in [9.17, 15) is 19.7 Å². The van der Waals surface area contributed by atoms with E-state index < -0.39 is 16.9 Å². The topological polar surface area (TPSA) is 122 Å². The van der Waals surface area contributed by atoms with Gasteiger partial charge in [-0.2, -0.15) is 0 Å². The number of nitro groups is 1. The minimum Gasteiger partial charge on any atom is -0.491 e. The molecule has 0 spiro atoms. The zero-order chi connectivity index (χ0) is 33.1. The van der Waals surface area contributed by atoms with Gasteiger partial charge < -0.3 is 14.2 Å². The predicted molar refractivity (Wildman–Crippen MR) is 182 cm³/mol. The molecule has 238 valence electrons. The van der Waals surface area contributed by atoms with Crippen molar-refractivity contribution in [3.8, 4) is 11.5 Å². The molecule has 0 aliphatic carbocycles. The number of allylic oxidation sites excluding steroid dienone is 1. The number of carbonyl (C=O) groups excluding carboxylic acids is 1. The molecular weight excluding hydrogens is 742 g/mol. The van der Waals surface area contributed by atoms with Crippen LogP contribution in [0.5, 0.6) is 11.5 Å². The molecule has 2 heterocycles. The third-order valence-electron chi connectivity index (χ3n) is 6.95. The van der Waals surface area contributed by atoms with Gasteiger partial charge in [0.1, 0.15) is 24.1 Å². The number of nitrogens with zero attached hydrogens (tertiary/aromatic N) is 3. The van der Waals surface area contributed by atoms with Gasteiger partial charge in [0.25, 0.3) is 11.2 Å². The fourth-order valence-corrected chi connectivity index (χ4v) is 7.41. The summed E-state index contributed by atoms with van der Waals surface area (Å²) in [4.78, 5) is 43.3. The van der Waals surface area contributed by atoms with Gasteiger partial charge in [-0.3, -0.25) is 19.5 Å². The predicted octanol–water partition coefficient (Wildman–Crippen LogP) is 6.60. The molecular formula is C33H29Br2N3O7S. The number of hydrogen-bond donors (Lipinski definition) is 0. The van der Waals surface area contributed by atoms with E-state index >= 15 is 0 Å². The maximum atomic E-state index is 14.3. The molecule has 0 N–H and O–H groups in total. The number of fused-ring (bicyclic) bond motifs is 1. The Bertz CT molecular complexity index is 2040. The highest BCUT2D eigenvalue weighted by molar-refractivity contribution is 9.11. The standard InChI is InChI=1S/C33H29Br2N3O7S/c1-5-43-32(40)28-19(4)36-33-37(29(28)24-8-6-7-9-26(24)45-18(2)3)31(39)27(46-33)15-21-14-22(34)16-25(35)30(21)44-17-20-10-12-23(13-11-20)38(41)42/h6-16,18,29H,5,17H2,1-4H3/b27-15-/t29-/m0/s1. The molecule has 0 radical (unpaired) electrons. The number of non-ortho nitro benzene ring substituents is 1. The summed E-state index contributed by atoms with van der Waals surface area (Å²) < 4.78 is 21.0. The van der Waals surface area contributed by atoms with Gasteiger partial charge in [0.15, 0.2) is 4.80 Å². The lowest BCUT2D eigenvalue weighted by molar-refractivity contribution is -0.384. The molecule has 0 amide bonds. The fourth-order valence-electron chi connectivity index (χ4n) is 5.00. The summed E-state index contributed by atoms with van der Waals surface area (Å²) in [6, 6.07) is 16.3. The summed E-state index contributed by atoms with van der Waals surface area (Å²) in [5, 5.41) is 11.0. The van der Waals surface area contributed by atoms with Crippen molar-refractivity contribution < 1.29 is 23.9 Å². The molecule has 10 nitrogen and oxygen atoms in total. The lowest BCUT2D eigenvalue weighted by Gasteiger charge is -2.26. The summed E-state index contributed by atoms with van der Waals surface area (Å²) in [5.74, 6) is 0.467. The number of aromatic nitrogens is 1. The average molecular weight is 771 g/mol. The molecule has 0 fully saturated rings. The van der Waals surface area contributed by atoms with E-state index in [0.717, 1.165) is 10.0 Å². The summed E-state index contributed by atoms with van der Waals surface area (Å²) in [6.45, 7) is 7.58. The second kappa shape index (κ2) is 14.1. The third kappa shape index (κ3) is 7.01. The van der Waals surface area contributed by atoms with Crippen LogP contribution in [0.3, 0.4) is 0 Å². The molecule has 1 aromatic heterocycles. The van der Waals surface area contributed by atoms with Crippen LogP contribution in [0.4, 0.5) is 5.69 Å². The Kier molecular flexibility index (Phi) is 10.2. The first kappa shape index (κ1) is 33.3. The Morgan fingerprint density at radius 2 is 1.87 bits per heavy atom. The van der Waals surface area contributed by atoms with Crippen molar-refractivity contribution in [2.24, 2.45) is 4.99 Å². The number of nitro benzene ring substituents is 1. The molecule has 0 saturated heterocycles. The van der Waals surface area contributed by atoms with Crippen LogP contribution in [-0.2, 0) is 16.1 Å². The SMILES string of the molecule is CCOC(=O)C1=C(C)N=c2s/c(=C\c3cc(Br)cc(Br)c3OCc3ccc([N+](=O)[O-])cc3)c(=O)n2[C@H]1c1ccccc1OC(C)C. The van der Waals surface area contributed by atoms with E-state index in [4.69, 9.17) is 14.2 Å². The van der Waals surface area contributed by atoms with E-state index in [1.165, 1.54) is 28.0 Å². The van der Waals surface area contributed by atoms with E-state index in [1.807, 2.05) is 50.2 Å². The van der Waals surface area contributed by atoms with Crippen LogP contribution in [0.1, 0.15) is 50.4 Å². The molecule has 13 heteroatoms. The van der Waals surface area contributed by atoms with Crippen molar-refractivity contribution >= 4 is 60.9 Å². The second-order valence-corrected chi connectivity index (χ2v) is 13.3. The number of para-hydroxylation sites is 1. The van der Waals surface area contributed by atoms with Crippen molar-refractivity contribution in [3.63, 3.8) is 0 Å². The number of hydrogen-bond acceptors (Lipinski definition) is 9. The maximum absolute atomic E-state index is 14.3. The first-order chi connectivity index (χ1) is 22.0. The lowest BCUT2D eigenvalue weighted by Crippen LogP contribution is -2.40. The van der Waals surface area contributed by atoms with Gasteiger partial charge in [0.05, 0.1) is 37.9 Å². The number of rotatable bonds is 10. The first-order valence-corrected chi connectivity index (χ1v) is 16.7. The second-order valence-electron chi connectivity index (χ2n) is 10.5. The smallest absolute Gasteiger partial charge is 0.338 e. The lowest BCUT2D eigenvalue weighted by atomic mass is 9.95. The molecule has 1 aliphatic rings. The number of halogens is 2. The van der Waals surface area contributed by atoms with Gasteiger partial charge in [-0.05, 0) is 85.6 Å². The van der Waals surface area contributed by atoms with Gasteiger partial charge in [0.2, 0.25) is 0 Å². The van der Waals surface area contributed by atoms with Crippen molar-refractivity contribution in [2.45, 2.75) is 46.4 Å². The van der Waals surface area contributed by atoms with Crippen molar-refractivity contribution in [3.05, 3.63) is 127 Å². The Morgan fingerprint density at radius 3 is 2.54 bits per heavy atom. The molecule has 1 aliphatic heterocycles. The highest BCUT2D eigenvalue weighted by atomic mass is 79.9. The number of carbonyl (C=O) groups is 1. The largest absolute Gasteiger partial charge is 0.491 e. The van der Waals surface area contributed by atoms with E-state index in [-0.39, 0.29) is 36.1 Å². The summed E-state index contributed by atoms with van der Waals surface area (Å²) in [5.41, 5.74) is 2.33. The van der Waals surface area contributed by atoms with Crippen molar-refractivity contribution in [2.75, 3.05) is 6.61 Å². The van der Waals surface area contributed by atoms with Crippen LogP contribution in [0.25, 0.3) is 6.08 Å². The Hall–Kier alpha value is -4.07. The molecule has 5 rings (SSSR count). The summed E-state index contributed by atoms with van der Waals surface area (Å²) >= 11 is 8.29. The molecule has 0 unspecified atom stereocenters. The zero-order valence-electron chi connectivity index (χ0n) is 25.3. The average Bonchev–Trinajstić information content (AvgIpc) is 3.30. The van der Waals surface area contributed by atoms with Crippen molar-refractivity contribution in [1.82, 2.24) is 4.57 Å². The van der Waals surface area contributed by atoms with Crippen LogP contribution < -0.4 is 24.4 Å². The van der Waals surface area contributed by atoms with Gasteiger partial charge in [-0.25, -0.2) is 9.79 Å². The van der Waals surface area contributed by atoms with Crippen molar-refractivity contribution in [1.29, 1.82) is 0 Å². The maximum Gasteiger partial charge on any atom is 0.338 e. The zero-order valence-corrected chi connectivity index (χ0v) is 29.3. The molecule has 1 atom stereocenters. The van der Waals surface area contributed by atoms with Crippen LogP contribution in [0.15, 0.2) is 90.7 Å². The van der Waals surface area contributed by atoms with Crippen LogP contribution in [0, 0.1) is 10.1 Å². The highest BCUT2D eigenvalue weighted by Gasteiger charge is 2.35. The minimum absolute atomic E-state index is 0.0114. The number of esters is 1. The molecule has 46 heavy (non-hydrogen) atoms. The monoisotopic (exact) mass is 769 g/mol. The van der Waals surface area contributed by atoms with Gasteiger partial charge in [0, 0.05) is 27.7 Å². The van der Waals surface area contributed by atoms with Crippen LogP contribution in [0.2, 0.25) is 0 Å². The number of ether oxygens (including phenoxy) is 3. The Balaban J connectivity index is 1.64. The van der Waals surface area contributed by atoms with Gasteiger partial charge in [-0.1, -0.05) is 45.5 Å². The van der Waals surface area contributed by atoms with E-state index in [2.05, 4.69) is 36.9 Å². The minimum atomic E-state index is -0.834. The first-order valence-electron chi connectivity index (χ1n) is 14.3. The van der Waals surface area contributed by atoms with E-state index in [1.54, 1.807) is 32.1 Å². The van der Waals surface area contributed by atoms with Gasteiger partial charge in [-0.15, -0.1) is 0 Å². The molecule has 0 bridgehead atoms. The quantitative estimate of drug-likeness (QED) is 0.101. The Labute approximate surface area is 285 Å². The Morgan fingerprint density at radius 1 is 1.15 bits per heavy atom. The van der Waals surface area contributed by atoms with Crippen LogP contribution in [-0.4, -0.2) is 28.2 Å². The fraction of sp³-hybridized carbons (Fsp3) is 0.242. The molecule has 3 aromatic carbocycles. The highest BCUT2D eigenvalue weighted by Crippen LogP contribution is 2.37. The summed E-state index contributed by atoms with van der Waals surface area (Å²) in [7, 11) is 0. The van der Waals surface area contributed by atoms with Crippen LogP contribution >= 0.6 is 43.2 Å². The number of benzene rings is 3. The summed E-state index contributed by atoms with van der Waals surface area (Å²) in [6.07, 6.45) is 1.58. The molecule has 4 aromatic rings. The molecule has 0 saturated carbocycles.